The monoisotopic (exact) mass is 327 g/mol. The fraction of sp³-hybridized carbons (Fsp3) is 0.938. The molecule has 23 heavy (non-hydrogen) atoms. The van der Waals surface area contributed by atoms with Crippen molar-refractivity contribution in [3.05, 3.63) is 0 Å². The summed E-state index contributed by atoms with van der Waals surface area (Å²) in [5.74, 6) is -0.420. The highest BCUT2D eigenvalue weighted by atomic mass is 16.7. The van der Waals surface area contributed by atoms with Crippen molar-refractivity contribution in [2.24, 2.45) is 0 Å². The van der Waals surface area contributed by atoms with Crippen LogP contribution >= 0.6 is 0 Å². The second-order valence-corrected chi connectivity index (χ2v) is 7.21. The molecule has 1 spiro atoms. The molecule has 0 aromatic heterocycles. The number of nitrogens with zero attached hydrogens (tertiary/aromatic N) is 2. The molecule has 0 aromatic carbocycles. The van der Waals surface area contributed by atoms with Crippen molar-refractivity contribution in [3.63, 3.8) is 0 Å². The number of nitrogens with one attached hydrogen (secondary N) is 1. The van der Waals surface area contributed by atoms with Gasteiger partial charge in [-0.1, -0.05) is 0 Å². The normalized spacial score (nSPS) is 27.3. The third-order valence-electron chi connectivity index (χ3n) is 4.83. The molecule has 3 aliphatic rings. The summed E-state index contributed by atoms with van der Waals surface area (Å²) in [6.07, 6.45) is 1.52. The molecule has 7 heteroatoms. The Labute approximate surface area is 138 Å². The summed E-state index contributed by atoms with van der Waals surface area (Å²) in [5.41, 5.74) is -0.0925. The number of urea groups is 1. The summed E-state index contributed by atoms with van der Waals surface area (Å²) in [6, 6.07) is 0.0189. The predicted octanol–water partition coefficient (Wildman–Crippen LogP) is 0.646. The van der Waals surface area contributed by atoms with Crippen molar-refractivity contribution in [2.45, 2.75) is 38.1 Å². The number of rotatable bonds is 3. The number of hydrogen-bond donors (Lipinski definition) is 1. The highest BCUT2D eigenvalue weighted by molar-refractivity contribution is 5.74. The average molecular weight is 327 g/mol. The van der Waals surface area contributed by atoms with Crippen LogP contribution in [0.5, 0.6) is 0 Å². The number of carbonyl (C=O) groups excluding carboxylic acids is 1. The van der Waals surface area contributed by atoms with E-state index in [4.69, 9.17) is 14.2 Å². The van der Waals surface area contributed by atoms with Crippen LogP contribution < -0.4 is 5.32 Å². The van der Waals surface area contributed by atoms with Gasteiger partial charge in [-0.25, -0.2) is 4.79 Å². The molecule has 0 radical (unpaired) electrons. The molecule has 2 amide bonds. The lowest BCUT2D eigenvalue weighted by atomic mass is 10.0. The third kappa shape index (κ3) is 4.35. The summed E-state index contributed by atoms with van der Waals surface area (Å²) in [4.78, 5) is 16.5. The van der Waals surface area contributed by atoms with Crippen molar-refractivity contribution >= 4 is 6.03 Å². The van der Waals surface area contributed by atoms with Crippen molar-refractivity contribution in [1.29, 1.82) is 0 Å². The van der Waals surface area contributed by atoms with Gasteiger partial charge in [-0.15, -0.1) is 0 Å². The smallest absolute Gasteiger partial charge is 0.317 e. The molecule has 0 aromatic rings. The minimum atomic E-state index is -0.420. The highest BCUT2D eigenvalue weighted by Crippen LogP contribution is 2.31. The minimum Gasteiger partial charge on any atom is -0.373 e. The fourth-order valence-electron chi connectivity index (χ4n) is 3.57. The van der Waals surface area contributed by atoms with Gasteiger partial charge in [-0.2, -0.15) is 0 Å². The summed E-state index contributed by atoms with van der Waals surface area (Å²) < 4.78 is 17.1. The average Bonchev–Trinajstić information content (AvgIpc) is 2.95. The van der Waals surface area contributed by atoms with Gasteiger partial charge in [0.25, 0.3) is 0 Å². The first-order valence-corrected chi connectivity index (χ1v) is 8.65. The summed E-state index contributed by atoms with van der Waals surface area (Å²) >= 11 is 0. The van der Waals surface area contributed by atoms with E-state index in [1.807, 2.05) is 4.90 Å². The molecular weight excluding hydrogens is 298 g/mol. The highest BCUT2D eigenvalue weighted by Gasteiger charge is 2.40. The molecule has 0 unspecified atom stereocenters. The van der Waals surface area contributed by atoms with Crippen LogP contribution in [0.3, 0.4) is 0 Å². The lowest BCUT2D eigenvalue weighted by molar-refractivity contribution is -0.181. The van der Waals surface area contributed by atoms with E-state index < -0.39 is 5.79 Å². The first-order chi connectivity index (χ1) is 11.0. The van der Waals surface area contributed by atoms with Crippen LogP contribution in [-0.2, 0) is 14.2 Å². The maximum atomic E-state index is 12.3. The van der Waals surface area contributed by atoms with Gasteiger partial charge in [0.05, 0.1) is 25.4 Å². The van der Waals surface area contributed by atoms with Gasteiger partial charge in [0, 0.05) is 52.1 Å². The maximum Gasteiger partial charge on any atom is 0.317 e. The number of ether oxygens (including phenoxy) is 3. The number of morpholine rings is 1. The Hall–Kier alpha value is -0.890. The van der Waals surface area contributed by atoms with Crippen molar-refractivity contribution in [2.75, 3.05) is 59.1 Å². The van der Waals surface area contributed by atoms with Gasteiger partial charge in [0.15, 0.2) is 5.79 Å². The maximum absolute atomic E-state index is 12.3. The summed E-state index contributed by atoms with van der Waals surface area (Å²) in [6.45, 7) is 11.1. The number of carbonyl (C=O) groups is 1. The SMILES string of the molecule is CC1(C)CN(CCNC(=O)N2CCC3(CC2)OCCO3)CCO1. The lowest BCUT2D eigenvalue weighted by Gasteiger charge is -2.39. The van der Waals surface area contributed by atoms with E-state index in [1.54, 1.807) is 0 Å². The number of piperidine rings is 1. The number of likely N-dealkylation sites (tertiary alicyclic amines) is 1. The first-order valence-electron chi connectivity index (χ1n) is 8.65. The van der Waals surface area contributed by atoms with E-state index in [2.05, 4.69) is 24.1 Å². The molecule has 132 valence electrons. The topological polar surface area (TPSA) is 63.3 Å². The molecule has 3 rings (SSSR count). The van der Waals surface area contributed by atoms with Gasteiger partial charge in [-0.05, 0) is 13.8 Å². The van der Waals surface area contributed by atoms with Crippen LogP contribution in [-0.4, -0.2) is 86.3 Å². The predicted molar refractivity (Wildman–Crippen MR) is 85.3 cm³/mol. The Balaban J connectivity index is 1.35. The zero-order chi connectivity index (χ0) is 16.3. The van der Waals surface area contributed by atoms with Gasteiger partial charge in [-0.3, -0.25) is 4.90 Å². The van der Waals surface area contributed by atoms with Crippen molar-refractivity contribution < 1.29 is 19.0 Å². The first kappa shape index (κ1) is 17.0. The molecule has 0 saturated carbocycles. The lowest BCUT2D eigenvalue weighted by Crippen LogP contribution is -2.53. The zero-order valence-corrected chi connectivity index (χ0v) is 14.3. The number of amides is 2. The molecule has 3 fully saturated rings. The third-order valence-corrected chi connectivity index (χ3v) is 4.83. The molecule has 7 nitrogen and oxygen atoms in total. The Morgan fingerprint density at radius 2 is 1.74 bits per heavy atom. The zero-order valence-electron chi connectivity index (χ0n) is 14.3. The molecule has 0 aliphatic carbocycles. The Bertz CT molecular complexity index is 414. The van der Waals surface area contributed by atoms with Crippen LogP contribution in [0.4, 0.5) is 4.79 Å². The summed E-state index contributed by atoms with van der Waals surface area (Å²) in [5, 5.41) is 3.03. The van der Waals surface area contributed by atoms with Crippen LogP contribution in [0.15, 0.2) is 0 Å². The van der Waals surface area contributed by atoms with E-state index in [0.29, 0.717) is 32.8 Å². The van der Waals surface area contributed by atoms with E-state index >= 15 is 0 Å². The summed E-state index contributed by atoms with van der Waals surface area (Å²) in [7, 11) is 0. The second kappa shape index (κ2) is 6.93. The van der Waals surface area contributed by atoms with Crippen LogP contribution in [0.1, 0.15) is 26.7 Å². The van der Waals surface area contributed by atoms with E-state index in [9.17, 15) is 4.79 Å². The largest absolute Gasteiger partial charge is 0.373 e. The van der Waals surface area contributed by atoms with Gasteiger partial charge < -0.3 is 24.4 Å². The molecule has 0 bridgehead atoms. The minimum absolute atomic E-state index is 0.0189. The fourth-order valence-corrected chi connectivity index (χ4v) is 3.57. The molecular formula is C16H29N3O4. The van der Waals surface area contributed by atoms with E-state index in [1.165, 1.54) is 0 Å². The second-order valence-electron chi connectivity index (χ2n) is 7.21. The van der Waals surface area contributed by atoms with Gasteiger partial charge in [0.2, 0.25) is 0 Å². The molecule has 3 heterocycles. The quantitative estimate of drug-likeness (QED) is 0.824. The standard InChI is InChI=1S/C16H29N3O4/c1-15(2)13-18(9-10-21-15)8-5-17-14(20)19-6-3-16(4-7-19)22-11-12-23-16/h3-13H2,1-2H3,(H,17,20). The van der Waals surface area contributed by atoms with Gasteiger partial charge in [0.1, 0.15) is 0 Å². The van der Waals surface area contributed by atoms with Crippen molar-refractivity contribution in [3.8, 4) is 0 Å². The Kier molecular flexibility index (Phi) is 5.10. The van der Waals surface area contributed by atoms with Crippen molar-refractivity contribution in [1.82, 2.24) is 15.1 Å². The Morgan fingerprint density at radius 1 is 1.04 bits per heavy atom. The molecule has 3 aliphatic heterocycles. The van der Waals surface area contributed by atoms with Crippen LogP contribution in [0, 0.1) is 0 Å². The van der Waals surface area contributed by atoms with Crippen LogP contribution in [0.2, 0.25) is 0 Å². The Morgan fingerprint density at radius 3 is 2.39 bits per heavy atom. The van der Waals surface area contributed by atoms with Crippen LogP contribution in [0.25, 0.3) is 0 Å². The molecule has 1 N–H and O–H groups in total. The number of hydrogen-bond acceptors (Lipinski definition) is 5. The molecule has 0 atom stereocenters. The van der Waals surface area contributed by atoms with Gasteiger partial charge >= 0.3 is 6.03 Å². The molecule has 3 saturated heterocycles. The van der Waals surface area contributed by atoms with E-state index in [-0.39, 0.29) is 11.6 Å². The van der Waals surface area contributed by atoms with E-state index in [0.717, 1.165) is 39.1 Å².